The fourth-order valence-corrected chi connectivity index (χ4v) is 4.04. The molecule has 0 radical (unpaired) electrons. The molecule has 0 aromatic heterocycles. The molecular weight excluding hydrogens is 348 g/mol. The first kappa shape index (κ1) is 20.1. The van der Waals surface area contributed by atoms with Crippen molar-refractivity contribution < 1.29 is 13.2 Å². The van der Waals surface area contributed by atoms with Gasteiger partial charge in [0, 0.05) is 23.8 Å². The van der Waals surface area contributed by atoms with Crippen LogP contribution in [-0.4, -0.2) is 26.9 Å². The van der Waals surface area contributed by atoms with E-state index in [4.69, 9.17) is 0 Å². The standard InChI is InChI=1S/C20H26N2O3S/c1-14-7-8-15(2)18(13-14)22(6)19(23)16-9-11-17(12-10-16)26(24,25)21-20(3,4)5/h7-13,21H,1-6H3. The van der Waals surface area contributed by atoms with E-state index in [0.717, 1.165) is 16.8 Å². The molecule has 0 aliphatic carbocycles. The minimum Gasteiger partial charge on any atom is -0.311 e. The molecule has 0 fully saturated rings. The molecule has 2 rings (SSSR count). The van der Waals surface area contributed by atoms with Crippen LogP contribution in [0, 0.1) is 13.8 Å². The molecule has 0 bridgehead atoms. The summed E-state index contributed by atoms with van der Waals surface area (Å²) in [7, 11) is -1.90. The summed E-state index contributed by atoms with van der Waals surface area (Å²) in [5.41, 5.74) is 2.76. The van der Waals surface area contributed by atoms with E-state index >= 15 is 0 Å². The van der Waals surface area contributed by atoms with E-state index in [-0.39, 0.29) is 10.8 Å². The van der Waals surface area contributed by atoms with Gasteiger partial charge >= 0.3 is 0 Å². The molecule has 6 heteroatoms. The second kappa shape index (κ2) is 7.21. The molecule has 0 aliphatic heterocycles. The first-order chi connectivity index (χ1) is 11.9. The number of nitrogens with one attached hydrogen (secondary N) is 1. The Morgan fingerprint density at radius 1 is 1.00 bits per heavy atom. The van der Waals surface area contributed by atoms with E-state index < -0.39 is 15.6 Å². The molecule has 2 aromatic carbocycles. The highest BCUT2D eigenvalue weighted by Gasteiger charge is 2.22. The lowest BCUT2D eigenvalue weighted by Crippen LogP contribution is -2.40. The Morgan fingerprint density at radius 2 is 1.58 bits per heavy atom. The van der Waals surface area contributed by atoms with Gasteiger partial charge in [-0.1, -0.05) is 12.1 Å². The summed E-state index contributed by atoms with van der Waals surface area (Å²) in [6.07, 6.45) is 0. The number of hydrogen-bond donors (Lipinski definition) is 1. The average Bonchev–Trinajstić information content (AvgIpc) is 2.53. The van der Waals surface area contributed by atoms with Crippen molar-refractivity contribution in [2.75, 3.05) is 11.9 Å². The van der Waals surface area contributed by atoms with Crippen LogP contribution in [0.5, 0.6) is 0 Å². The predicted molar refractivity (Wildman–Crippen MR) is 105 cm³/mol. The SMILES string of the molecule is Cc1ccc(C)c(N(C)C(=O)c2ccc(S(=O)(=O)NC(C)(C)C)cc2)c1. The number of nitrogens with zero attached hydrogens (tertiary/aromatic N) is 1. The summed E-state index contributed by atoms with van der Waals surface area (Å²) in [4.78, 5) is 14.5. The highest BCUT2D eigenvalue weighted by molar-refractivity contribution is 7.89. The zero-order valence-electron chi connectivity index (χ0n) is 16.1. The van der Waals surface area contributed by atoms with Gasteiger partial charge in [0.25, 0.3) is 5.91 Å². The number of aryl methyl sites for hydroxylation is 2. The van der Waals surface area contributed by atoms with Crippen LogP contribution in [0.1, 0.15) is 42.3 Å². The Balaban J connectivity index is 2.27. The van der Waals surface area contributed by atoms with Crippen LogP contribution in [0.2, 0.25) is 0 Å². The normalized spacial score (nSPS) is 12.1. The first-order valence-corrected chi connectivity index (χ1v) is 9.88. The van der Waals surface area contributed by atoms with Crippen molar-refractivity contribution in [3.63, 3.8) is 0 Å². The highest BCUT2D eigenvalue weighted by Crippen LogP contribution is 2.22. The lowest BCUT2D eigenvalue weighted by Gasteiger charge is -2.21. The maximum absolute atomic E-state index is 12.8. The number of rotatable bonds is 4. The van der Waals surface area contributed by atoms with Crippen LogP contribution in [0.4, 0.5) is 5.69 Å². The fraction of sp³-hybridized carbons (Fsp3) is 0.350. The van der Waals surface area contributed by atoms with E-state index in [1.807, 2.05) is 32.0 Å². The van der Waals surface area contributed by atoms with Crippen LogP contribution in [0.15, 0.2) is 47.4 Å². The topological polar surface area (TPSA) is 66.5 Å². The summed E-state index contributed by atoms with van der Waals surface area (Å²) in [6, 6.07) is 11.9. The van der Waals surface area contributed by atoms with Crippen molar-refractivity contribution in [3.8, 4) is 0 Å². The van der Waals surface area contributed by atoms with E-state index in [1.54, 1.807) is 44.9 Å². The van der Waals surface area contributed by atoms with Crippen molar-refractivity contribution in [3.05, 3.63) is 59.2 Å². The molecule has 5 nitrogen and oxygen atoms in total. The number of carbonyl (C=O) groups excluding carboxylic acids is 1. The van der Waals surface area contributed by atoms with Gasteiger partial charge in [-0.05, 0) is 76.1 Å². The van der Waals surface area contributed by atoms with Gasteiger partial charge in [-0.15, -0.1) is 0 Å². The summed E-state index contributed by atoms with van der Waals surface area (Å²) in [5, 5.41) is 0. The van der Waals surface area contributed by atoms with Gasteiger partial charge < -0.3 is 4.90 Å². The summed E-state index contributed by atoms with van der Waals surface area (Å²) in [6.45, 7) is 9.26. The number of anilines is 1. The minimum absolute atomic E-state index is 0.137. The van der Waals surface area contributed by atoms with Crippen molar-refractivity contribution in [2.24, 2.45) is 0 Å². The summed E-state index contributed by atoms with van der Waals surface area (Å²) >= 11 is 0. The van der Waals surface area contributed by atoms with Crippen molar-refractivity contribution in [1.82, 2.24) is 4.72 Å². The van der Waals surface area contributed by atoms with Crippen molar-refractivity contribution in [1.29, 1.82) is 0 Å². The van der Waals surface area contributed by atoms with E-state index in [0.29, 0.717) is 5.56 Å². The Labute approximate surface area is 156 Å². The number of benzene rings is 2. The zero-order chi connectivity index (χ0) is 19.7. The van der Waals surface area contributed by atoms with Gasteiger partial charge in [-0.2, -0.15) is 0 Å². The smallest absolute Gasteiger partial charge is 0.258 e. The maximum atomic E-state index is 12.8. The fourth-order valence-electron chi connectivity index (χ4n) is 2.62. The van der Waals surface area contributed by atoms with E-state index in [2.05, 4.69) is 4.72 Å². The van der Waals surface area contributed by atoms with Gasteiger partial charge in [-0.25, -0.2) is 13.1 Å². The third-order valence-corrected chi connectivity index (χ3v) is 5.66. The molecule has 26 heavy (non-hydrogen) atoms. The number of carbonyl (C=O) groups is 1. The maximum Gasteiger partial charge on any atom is 0.258 e. The number of amides is 1. The van der Waals surface area contributed by atoms with Crippen LogP contribution in [-0.2, 0) is 10.0 Å². The van der Waals surface area contributed by atoms with Crippen LogP contribution < -0.4 is 9.62 Å². The van der Waals surface area contributed by atoms with Crippen LogP contribution >= 0.6 is 0 Å². The third kappa shape index (κ3) is 4.71. The molecule has 1 amide bonds. The summed E-state index contributed by atoms with van der Waals surface area (Å²) in [5.74, 6) is -0.188. The van der Waals surface area contributed by atoms with Crippen LogP contribution in [0.3, 0.4) is 0 Å². The molecule has 140 valence electrons. The molecule has 0 saturated carbocycles. The molecule has 0 atom stereocenters. The number of hydrogen-bond acceptors (Lipinski definition) is 3. The predicted octanol–water partition coefficient (Wildman–Crippen LogP) is 3.66. The lowest BCUT2D eigenvalue weighted by molar-refractivity contribution is 0.0992. The molecule has 0 saturated heterocycles. The molecule has 0 aliphatic rings. The van der Waals surface area contributed by atoms with Gasteiger partial charge in [0.15, 0.2) is 0 Å². The van der Waals surface area contributed by atoms with Crippen molar-refractivity contribution in [2.45, 2.75) is 45.1 Å². The molecule has 2 aromatic rings. The molecule has 0 heterocycles. The summed E-state index contributed by atoms with van der Waals surface area (Å²) < 4.78 is 27.3. The van der Waals surface area contributed by atoms with Gasteiger partial charge in [-0.3, -0.25) is 4.79 Å². The monoisotopic (exact) mass is 374 g/mol. The Hall–Kier alpha value is -2.18. The second-order valence-corrected chi connectivity index (χ2v) is 9.22. The molecule has 0 unspecified atom stereocenters. The molecular formula is C20H26N2O3S. The average molecular weight is 375 g/mol. The quantitative estimate of drug-likeness (QED) is 0.888. The Morgan fingerprint density at radius 3 is 2.12 bits per heavy atom. The minimum atomic E-state index is -3.62. The second-order valence-electron chi connectivity index (χ2n) is 7.53. The van der Waals surface area contributed by atoms with E-state index in [1.165, 1.54) is 12.1 Å². The van der Waals surface area contributed by atoms with Crippen LogP contribution in [0.25, 0.3) is 0 Å². The number of sulfonamides is 1. The first-order valence-electron chi connectivity index (χ1n) is 8.40. The van der Waals surface area contributed by atoms with Crippen molar-refractivity contribution >= 4 is 21.6 Å². The van der Waals surface area contributed by atoms with Gasteiger partial charge in [0.1, 0.15) is 0 Å². The molecule has 1 N–H and O–H groups in total. The molecule has 0 spiro atoms. The largest absolute Gasteiger partial charge is 0.311 e. The highest BCUT2D eigenvalue weighted by atomic mass is 32.2. The Kier molecular flexibility index (Phi) is 5.58. The third-order valence-electron chi connectivity index (χ3n) is 3.88. The van der Waals surface area contributed by atoms with E-state index in [9.17, 15) is 13.2 Å². The Bertz CT molecular complexity index is 911. The van der Waals surface area contributed by atoms with Gasteiger partial charge in [0.2, 0.25) is 10.0 Å². The van der Waals surface area contributed by atoms with Gasteiger partial charge in [0.05, 0.1) is 4.90 Å². The zero-order valence-corrected chi connectivity index (χ0v) is 16.9. The lowest BCUT2D eigenvalue weighted by atomic mass is 10.1.